The van der Waals surface area contributed by atoms with Crippen LogP contribution in [-0.2, 0) is 17.9 Å². The summed E-state index contributed by atoms with van der Waals surface area (Å²) in [5, 5.41) is 2.43. The van der Waals surface area contributed by atoms with Crippen LogP contribution in [0.2, 0.25) is 0 Å². The molecule has 0 aromatic carbocycles. The summed E-state index contributed by atoms with van der Waals surface area (Å²) in [6.45, 7) is 0.393. The first-order valence-corrected chi connectivity index (χ1v) is 8.99. The molecule has 1 aromatic rings. The molecule has 3 rings (SSSR count). The van der Waals surface area contributed by atoms with Gasteiger partial charge in [-0.05, 0) is 18.9 Å². The number of hydrogen-bond donors (Lipinski definition) is 1. The highest BCUT2D eigenvalue weighted by molar-refractivity contribution is 5.98. The Balaban J connectivity index is 1.69. The van der Waals surface area contributed by atoms with Crippen LogP contribution >= 0.6 is 0 Å². The summed E-state index contributed by atoms with van der Waals surface area (Å²) in [4.78, 5) is 30.6. The summed E-state index contributed by atoms with van der Waals surface area (Å²) in [6.07, 6.45) is -2.00. The third-order valence-electron chi connectivity index (χ3n) is 5.02. The maximum atomic E-state index is 12.7. The minimum absolute atomic E-state index is 0.0448. The number of nitrogens with zero attached hydrogens (tertiary/aromatic N) is 2. The molecule has 1 fully saturated rings. The number of nitrogens with one attached hydrogen (secondary N) is 1. The van der Waals surface area contributed by atoms with Gasteiger partial charge in [0.15, 0.2) is 0 Å². The van der Waals surface area contributed by atoms with E-state index in [0.29, 0.717) is 23.4 Å². The number of carbonyl (C=O) groups is 2. The van der Waals surface area contributed by atoms with Crippen molar-refractivity contribution in [3.63, 3.8) is 0 Å². The number of ether oxygens (including phenoxy) is 1. The van der Waals surface area contributed by atoms with Crippen LogP contribution < -0.4 is 10.1 Å². The van der Waals surface area contributed by atoms with Gasteiger partial charge in [0.25, 0.3) is 5.91 Å². The predicted octanol–water partition coefficient (Wildman–Crippen LogP) is 2.95. The predicted molar refractivity (Wildman–Crippen MR) is 90.1 cm³/mol. The molecule has 9 heteroatoms. The lowest BCUT2D eigenvalue weighted by Gasteiger charge is -2.22. The lowest BCUT2D eigenvalue weighted by Crippen LogP contribution is -2.33. The van der Waals surface area contributed by atoms with Gasteiger partial charge in [-0.15, -0.1) is 0 Å². The molecule has 6 nitrogen and oxygen atoms in total. The number of pyridine rings is 1. The van der Waals surface area contributed by atoms with Crippen molar-refractivity contribution >= 4 is 11.8 Å². The number of fused-ring (bicyclic) bond motifs is 1. The molecule has 0 unspecified atom stereocenters. The number of aromatic nitrogens is 1. The number of alkyl halides is 3. The maximum absolute atomic E-state index is 12.7. The molecule has 1 aliphatic carbocycles. The Labute approximate surface area is 155 Å². The summed E-state index contributed by atoms with van der Waals surface area (Å²) in [6, 6.07) is 1.85. The standard InChI is InChI=1S/C18H22F3N3O3/c1-27-16-11(9-22-15(25)6-7-18(19,20)21)8-13-14(23-16)10-24(17(13)26)12-4-2-3-5-12/h8,12H,2-7,9-10H2,1H3,(H,22,25). The molecular formula is C18H22F3N3O3. The van der Waals surface area contributed by atoms with Gasteiger partial charge in [0.05, 0.1) is 31.3 Å². The number of carbonyl (C=O) groups excluding carboxylic acids is 2. The van der Waals surface area contributed by atoms with Crippen molar-refractivity contribution in [1.82, 2.24) is 15.2 Å². The van der Waals surface area contributed by atoms with Crippen LogP contribution in [0.4, 0.5) is 13.2 Å². The fraction of sp³-hybridized carbons (Fsp3) is 0.611. The van der Waals surface area contributed by atoms with Crippen LogP contribution in [0.1, 0.15) is 60.1 Å². The summed E-state index contributed by atoms with van der Waals surface area (Å²) in [5.74, 6) is -0.531. The molecule has 0 spiro atoms. The molecule has 0 saturated heterocycles. The summed E-state index contributed by atoms with van der Waals surface area (Å²) < 4.78 is 41.9. The largest absolute Gasteiger partial charge is 0.481 e. The number of halogens is 3. The third kappa shape index (κ3) is 4.51. The van der Waals surface area contributed by atoms with E-state index in [1.165, 1.54) is 7.11 Å². The molecule has 2 aliphatic rings. The molecular weight excluding hydrogens is 363 g/mol. The van der Waals surface area contributed by atoms with Crippen molar-refractivity contribution in [1.29, 1.82) is 0 Å². The van der Waals surface area contributed by atoms with Gasteiger partial charge in [-0.1, -0.05) is 12.8 Å². The van der Waals surface area contributed by atoms with Crippen LogP contribution in [0.25, 0.3) is 0 Å². The number of methoxy groups -OCH3 is 1. The van der Waals surface area contributed by atoms with E-state index in [1.807, 2.05) is 4.90 Å². The monoisotopic (exact) mass is 385 g/mol. The molecule has 2 amide bonds. The SMILES string of the molecule is COc1nc2c(cc1CNC(=O)CCC(F)(F)F)C(=O)N(C1CCCC1)C2. The molecule has 27 heavy (non-hydrogen) atoms. The number of hydrogen-bond acceptors (Lipinski definition) is 4. The third-order valence-corrected chi connectivity index (χ3v) is 5.02. The number of rotatable bonds is 6. The zero-order valence-electron chi connectivity index (χ0n) is 15.1. The zero-order chi connectivity index (χ0) is 19.6. The Morgan fingerprint density at radius 3 is 2.70 bits per heavy atom. The Hall–Kier alpha value is -2.32. The zero-order valence-corrected chi connectivity index (χ0v) is 15.1. The number of amides is 2. The highest BCUT2D eigenvalue weighted by Crippen LogP contribution is 2.33. The normalized spacial score (nSPS) is 17.3. The minimum Gasteiger partial charge on any atom is -0.481 e. The topological polar surface area (TPSA) is 71.5 Å². The van der Waals surface area contributed by atoms with E-state index in [4.69, 9.17) is 4.74 Å². The van der Waals surface area contributed by atoms with Crippen LogP contribution in [0.3, 0.4) is 0 Å². The summed E-state index contributed by atoms with van der Waals surface area (Å²) >= 11 is 0. The lowest BCUT2D eigenvalue weighted by molar-refractivity contribution is -0.144. The van der Waals surface area contributed by atoms with Gasteiger partial charge >= 0.3 is 6.18 Å². The smallest absolute Gasteiger partial charge is 0.389 e. The van der Waals surface area contributed by atoms with Gasteiger partial charge in [-0.25, -0.2) is 4.98 Å². The Morgan fingerprint density at radius 1 is 1.37 bits per heavy atom. The van der Waals surface area contributed by atoms with Crippen molar-refractivity contribution in [3.05, 3.63) is 22.9 Å². The van der Waals surface area contributed by atoms with E-state index in [0.717, 1.165) is 25.7 Å². The average molecular weight is 385 g/mol. The molecule has 148 valence electrons. The quantitative estimate of drug-likeness (QED) is 0.817. The maximum Gasteiger partial charge on any atom is 0.389 e. The van der Waals surface area contributed by atoms with Crippen molar-refractivity contribution in [3.8, 4) is 5.88 Å². The van der Waals surface area contributed by atoms with Crippen LogP contribution in [0.5, 0.6) is 5.88 Å². The van der Waals surface area contributed by atoms with Gasteiger partial charge in [-0.2, -0.15) is 13.2 Å². The van der Waals surface area contributed by atoms with E-state index in [-0.39, 0.29) is 24.4 Å². The second kappa shape index (κ2) is 7.74. The van der Waals surface area contributed by atoms with E-state index in [2.05, 4.69) is 10.3 Å². The fourth-order valence-electron chi connectivity index (χ4n) is 3.62. The van der Waals surface area contributed by atoms with Crippen LogP contribution in [-0.4, -0.2) is 41.0 Å². The Morgan fingerprint density at radius 2 is 2.07 bits per heavy atom. The van der Waals surface area contributed by atoms with E-state index in [1.54, 1.807) is 6.07 Å². The first-order valence-electron chi connectivity index (χ1n) is 8.99. The lowest BCUT2D eigenvalue weighted by atomic mass is 10.1. The molecule has 1 saturated carbocycles. The first-order chi connectivity index (χ1) is 12.8. The molecule has 1 aromatic heterocycles. The van der Waals surface area contributed by atoms with Crippen molar-refractivity contribution in [2.24, 2.45) is 0 Å². The van der Waals surface area contributed by atoms with Gasteiger partial charge in [-0.3, -0.25) is 9.59 Å². The van der Waals surface area contributed by atoms with E-state index in [9.17, 15) is 22.8 Å². The van der Waals surface area contributed by atoms with Crippen LogP contribution in [0, 0.1) is 0 Å². The highest BCUT2D eigenvalue weighted by atomic mass is 19.4. The summed E-state index contributed by atoms with van der Waals surface area (Å²) in [7, 11) is 1.43. The van der Waals surface area contributed by atoms with Gasteiger partial charge in [0.1, 0.15) is 0 Å². The molecule has 0 radical (unpaired) electrons. The van der Waals surface area contributed by atoms with Gasteiger partial charge in [0, 0.05) is 24.6 Å². The summed E-state index contributed by atoms with van der Waals surface area (Å²) in [5.41, 5.74) is 1.58. The van der Waals surface area contributed by atoms with Crippen LogP contribution in [0.15, 0.2) is 6.07 Å². The van der Waals surface area contributed by atoms with Crippen molar-refractivity contribution in [2.45, 2.75) is 63.8 Å². The van der Waals surface area contributed by atoms with E-state index >= 15 is 0 Å². The minimum atomic E-state index is -4.37. The van der Waals surface area contributed by atoms with Gasteiger partial charge in [0.2, 0.25) is 11.8 Å². The van der Waals surface area contributed by atoms with E-state index < -0.39 is 24.9 Å². The molecule has 1 aliphatic heterocycles. The van der Waals surface area contributed by atoms with Gasteiger partial charge < -0.3 is 15.0 Å². The Kier molecular flexibility index (Phi) is 5.57. The second-order valence-electron chi connectivity index (χ2n) is 6.91. The highest BCUT2D eigenvalue weighted by Gasteiger charge is 2.36. The average Bonchev–Trinajstić information content (AvgIpc) is 3.25. The molecule has 1 N–H and O–H groups in total. The molecule has 0 bridgehead atoms. The first kappa shape index (κ1) is 19.4. The fourth-order valence-corrected chi connectivity index (χ4v) is 3.62. The molecule has 2 heterocycles. The Bertz CT molecular complexity index is 731. The van der Waals surface area contributed by atoms with Crippen molar-refractivity contribution in [2.75, 3.05) is 7.11 Å². The molecule has 0 atom stereocenters. The van der Waals surface area contributed by atoms with Crippen molar-refractivity contribution < 1.29 is 27.5 Å². The second-order valence-corrected chi connectivity index (χ2v) is 6.91.